The Kier molecular flexibility index (Phi) is 10.9. The van der Waals surface area contributed by atoms with Crippen LogP contribution in [0.3, 0.4) is 0 Å². The number of nitrogens with one attached hydrogen (secondary N) is 3. The Morgan fingerprint density at radius 1 is 1.00 bits per heavy atom. The third kappa shape index (κ3) is 8.40. The van der Waals surface area contributed by atoms with Gasteiger partial charge in [-0.05, 0) is 42.3 Å². The first kappa shape index (κ1) is 25.4. The van der Waals surface area contributed by atoms with Crippen LogP contribution in [0.5, 0.6) is 0 Å². The summed E-state index contributed by atoms with van der Waals surface area (Å²) in [4.78, 5) is 29.3. The molecule has 0 aliphatic heterocycles. The first-order valence-electron chi connectivity index (χ1n) is 9.58. The lowest BCUT2D eigenvalue weighted by molar-refractivity contribution is -0.114. The Bertz CT molecular complexity index is 866. The van der Waals surface area contributed by atoms with Crippen molar-refractivity contribution in [3.8, 4) is 0 Å². The zero-order valence-corrected chi connectivity index (χ0v) is 20.2. The molecule has 2 amide bonds. The van der Waals surface area contributed by atoms with E-state index in [2.05, 4.69) is 20.9 Å². The fourth-order valence-corrected chi connectivity index (χ4v) is 2.67. The average molecular weight is 523 g/mol. The van der Waals surface area contributed by atoms with E-state index in [1.54, 1.807) is 19.0 Å². The Balaban J connectivity index is 0.00000450. The first-order chi connectivity index (χ1) is 13.9. The minimum Gasteiger partial charge on any atom is -0.357 e. The molecule has 0 aromatic heterocycles. The Morgan fingerprint density at radius 2 is 1.70 bits per heavy atom. The molecule has 2 rings (SSSR count). The highest BCUT2D eigenvalue weighted by molar-refractivity contribution is 14.0. The van der Waals surface area contributed by atoms with Crippen molar-refractivity contribution in [2.75, 3.05) is 26.0 Å². The fourth-order valence-electron chi connectivity index (χ4n) is 2.67. The van der Waals surface area contributed by atoms with Gasteiger partial charge in [0.2, 0.25) is 5.91 Å². The molecule has 7 nitrogen and oxygen atoms in total. The van der Waals surface area contributed by atoms with Gasteiger partial charge in [-0.3, -0.25) is 9.59 Å². The van der Waals surface area contributed by atoms with Gasteiger partial charge in [0.1, 0.15) is 0 Å². The third-order valence-electron chi connectivity index (χ3n) is 4.08. The molecule has 0 aliphatic carbocycles. The van der Waals surface area contributed by atoms with E-state index in [0.29, 0.717) is 24.6 Å². The number of amides is 2. The second-order valence-corrected chi connectivity index (χ2v) is 6.83. The predicted molar refractivity (Wildman–Crippen MR) is 132 cm³/mol. The second-order valence-electron chi connectivity index (χ2n) is 6.83. The average Bonchev–Trinajstić information content (AvgIpc) is 2.69. The van der Waals surface area contributed by atoms with Crippen molar-refractivity contribution in [2.45, 2.75) is 26.9 Å². The van der Waals surface area contributed by atoms with Crippen LogP contribution < -0.4 is 16.0 Å². The van der Waals surface area contributed by atoms with Gasteiger partial charge < -0.3 is 20.9 Å². The molecule has 2 aromatic carbocycles. The van der Waals surface area contributed by atoms with E-state index in [1.165, 1.54) is 6.92 Å². The number of halogens is 1. The minimum absolute atomic E-state index is 0. The zero-order valence-electron chi connectivity index (χ0n) is 17.9. The van der Waals surface area contributed by atoms with Crippen LogP contribution in [0.4, 0.5) is 5.69 Å². The van der Waals surface area contributed by atoms with Gasteiger partial charge in [-0.2, -0.15) is 0 Å². The summed E-state index contributed by atoms with van der Waals surface area (Å²) >= 11 is 0. The van der Waals surface area contributed by atoms with Crippen LogP contribution in [0, 0.1) is 0 Å². The van der Waals surface area contributed by atoms with E-state index in [0.717, 1.165) is 23.4 Å². The fraction of sp³-hybridized carbons (Fsp3) is 0.318. The van der Waals surface area contributed by atoms with E-state index in [1.807, 2.05) is 55.5 Å². The molecule has 0 bridgehead atoms. The highest BCUT2D eigenvalue weighted by Crippen LogP contribution is 2.11. The normalized spacial score (nSPS) is 10.6. The largest absolute Gasteiger partial charge is 0.357 e. The van der Waals surface area contributed by atoms with Gasteiger partial charge >= 0.3 is 0 Å². The number of aliphatic imine (C=N–C) groups is 1. The molecule has 0 radical (unpaired) electrons. The highest BCUT2D eigenvalue weighted by Gasteiger charge is 2.07. The van der Waals surface area contributed by atoms with Crippen LogP contribution in [-0.4, -0.2) is 43.3 Å². The standard InChI is InChI=1S/C22H29N5O2.HI/c1-5-23-22(25-15-18-7-6-8-20(13-18)26-16(2)28)24-14-17-9-11-19(12-10-17)21(29)27(3)4;/h6-13H,5,14-15H2,1-4H3,(H,26,28)(H2,23,24,25);1H. The highest BCUT2D eigenvalue weighted by atomic mass is 127. The van der Waals surface area contributed by atoms with Crippen molar-refractivity contribution < 1.29 is 9.59 Å². The number of anilines is 1. The summed E-state index contributed by atoms with van der Waals surface area (Å²) in [5, 5.41) is 9.30. The molecule has 30 heavy (non-hydrogen) atoms. The molecule has 0 saturated heterocycles. The summed E-state index contributed by atoms with van der Waals surface area (Å²) in [6.45, 7) is 5.32. The molecule has 8 heteroatoms. The maximum absolute atomic E-state index is 12.0. The van der Waals surface area contributed by atoms with Gasteiger partial charge in [0.25, 0.3) is 5.91 Å². The third-order valence-corrected chi connectivity index (χ3v) is 4.08. The number of rotatable bonds is 7. The first-order valence-corrected chi connectivity index (χ1v) is 9.58. The zero-order chi connectivity index (χ0) is 21.2. The molecule has 0 fully saturated rings. The summed E-state index contributed by atoms with van der Waals surface area (Å²) in [7, 11) is 3.48. The smallest absolute Gasteiger partial charge is 0.253 e. The lowest BCUT2D eigenvalue weighted by Gasteiger charge is -2.13. The maximum Gasteiger partial charge on any atom is 0.253 e. The molecule has 0 unspecified atom stereocenters. The van der Waals surface area contributed by atoms with Crippen LogP contribution >= 0.6 is 24.0 Å². The van der Waals surface area contributed by atoms with Gasteiger partial charge in [-0.25, -0.2) is 4.99 Å². The van der Waals surface area contributed by atoms with Crippen molar-refractivity contribution in [2.24, 2.45) is 4.99 Å². The van der Waals surface area contributed by atoms with E-state index in [4.69, 9.17) is 0 Å². The Hall–Kier alpha value is -2.62. The number of hydrogen-bond acceptors (Lipinski definition) is 3. The number of guanidine groups is 1. The van der Waals surface area contributed by atoms with Crippen LogP contribution in [0.1, 0.15) is 35.3 Å². The van der Waals surface area contributed by atoms with Crippen LogP contribution in [0.2, 0.25) is 0 Å². The van der Waals surface area contributed by atoms with Crippen molar-refractivity contribution >= 4 is 47.4 Å². The predicted octanol–water partition coefficient (Wildman–Crippen LogP) is 3.22. The molecule has 2 aromatic rings. The summed E-state index contributed by atoms with van der Waals surface area (Å²) in [6.07, 6.45) is 0. The lowest BCUT2D eigenvalue weighted by Crippen LogP contribution is -2.36. The molecular formula is C22H30IN5O2. The van der Waals surface area contributed by atoms with Crippen LogP contribution in [0.15, 0.2) is 53.5 Å². The summed E-state index contributed by atoms with van der Waals surface area (Å²) < 4.78 is 0. The Morgan fingerprint density at radius 3 is 2.30 bits per heavy atom. The SMILES string of the molecule is CCNC(=NCc1cccc(NC(C)=O)c1)NCc1ccc(C(=O)N(C)C)cc1.I. The maximum atomic E-state index is 12.0. The summed E-state index contributed by atoms with van der Waals surface area (Å²) in [6, 6.07) is 15.2. The van der Waals surface area contributed by atoms with Gasteiger partial charge in [0.15, 0.2) is 5.96 Å². The van der Waals surface area contributed by atoms with Crippen molar-refractivity contribution in [1.29, 1.82) is 0 Å². The molecular weight excluding hydrogens is 493 g/mol. The molecule has 3 N–H and O–H groups in total. The van der Waals surface area contributed by atoms with E-state index in [-0.39, 0.29) is 35.8 Å². The van der Waals surface area contributed by atoms with E-state index >= 15 is 0 Å². The van der Waals surface area contributed by atoms with Crippen molar-refractivity contribution in [1.82, 2.24) is 15.5 Å². The van der Waals surface area contributed by atoms with Crippen LogP contribution in [-0.2, 0) is 17.9 Å². The topological polar surface area (TPSA) is 85.8 Å². The van der Waals surface area contributed by atoms with Gasteiger partial charge in [0.05, 0.1) is 6.54 Å². The molecule has 162 valence electrons. The molecule has 0 atom stereocenters. The van der Waals surface area contributed by atoms with Crippen molar-refractivity contribution in [3.63, 3.8) is 0 Å². The lowest BCUT2D eigenvalue weighted by atomic mass is 10.1. The van der Waals surface area contributed by atoms with Crippen LogP contribution in [0.25, 0.3) is 0 Å². The van der Waals surface area contributed by atoms with Gasteiger partial charge in [-0.1, -0.05) is 24.3 Å². The van der Waals surface area contributed by atoms with Crippen molar-refractivity contribution in [3.05, 3.63) is 65.2 Å². The quantitative estimate of drug-likeness (QED) is 0.296. The number of carbonyl (C=O) groups excluding carboxylic acids is 2. The molecule has 0 spiro atoms. The van der Waals surface area contributed by atoms with E-state index in [9.17, 15) is 9.59 Å². The number of hydrogen-bond donors (Lipinski definition) is 3. The number of carbonyl (C=O) groups is 2. The van der Waals surface area contributed by atoms with Gasteiger partial charge in [-0.15, -0.1) is 24.0 Å². The Labute approximate surface area is 195 Å². The summed E-state index contributed by atoms with van der Waals surface area (Å²) in [5.41, 5.74) is 3.48. The molecule has 0 aliphatic rings. The minimum atomic E-state index is -0.0982. The molecule has 0 heterocycles. The number of nitrogens with zero attached hydrogens (tertiary/aromatic N) is 2. The summed E-state index contributed by atoms with van der Waals surface area (Å²) in [5.74, 6) is 0.589. The monoisotopic (exact) mass is 523 g/mol. The molecule has 0 saturated carbocycles. The van der Waals surface area contributed by atoms with Gasteiger partial charge in [0, 0.05) is 45.4 Å². The second kappa shape index (κ2) is 12.8. The van der Waals surface area contributed by atoms with E-state index < -0.39 is 0 Å². The number of benzene rings is 2.